The number of nitrogens with zero attached hydrogens (tertiary/aromatic N) is 3. The summed E-state index contributed by atoms with van der Waals surface area (Å²) in [6.07, 6.45) is 0. The highest BCUT2D eigenvalue weighted by molar-refractivity contribution is 7.27. The number of aromatic nitrogens is 3. The monoisotopic (exact) mass is 657 g/mol. The van der Waals surface area contributed by atoms with Gasteiger partial charge in [-0.3, -0.25) is 4.40 Å². The van der Waals surface area contributed by atoms with Gasteiger partial charge in [-0.25, -0.2) is 9.97 Å². The van der Waals surface area contributed by atoms with Gasteiger partial charge in [-0.1, -0.05) is 115 Å². The van der Waals surface area contributed by atoms with Crippen LogP contribution in [0.15, 0.2) is 140 Å². The molecular formula is C44H23N3S2. The third-order valence-electron chi connectivity index (χ3n) is 10.3. The molecule has 0 amide bonds. The van der Waals surface area contributed by atoms with Gasteiger partial charge in [0.1, 0.15) is 4.83 Å². The van der Waals surface area contributed by atoms with Crippen molar-refractivity contribution < 1.29 is 0 Å². The first kappa shape index (κ1) is 26.1. The Morgan fingerprint density at radius 3 is 2.16 bits per heavy atom. The zero-order chi connectivity index (χ0) is 31.8. The highest BCUT2D eigenvalue weighted by atomic mass is 32.1. The van der Waals surface area contributed by atoms with Crippen molar-refractivity contribution in [2.75, 3.05) is 0 Å². The van der Waals surface area contributed by atoms with E-state index in [4.69, 9.17) is 9.97 Å². The van der Waals surface area contributed by atoms with E-state index in [1.54, 1.807) is 11.3 Å². The Kier molecular flexibility index (Phi) is 5.00. The molecule has 0 unspecified atom stereocenters. The molecule has 12 aromatic rings. The molecule has 5 heteroatoms. The Hall–Kier alpha value is -5.88. The van der Waals surface area contributed by atoms with Crippen molar-refractivity contribution in [2.45, 2.75) is 0 Å². The fourth-order valence-electron chi connectivity index (χ4n) is 8.17. The lowest BCUT2D eigenvalue weighted by atomic mass is 9.99. The zero-order valence-electron chi connectivity index (χ0n) is 25.9. The van der Waals surface area contributed by atoms with Crippen LogP contribution in [0.5, 0.6) is 0 Å². The second-order valence-electron chi connectivity index (χ2n) is 12.9. The predicted molar refractivity (Wildman–Crippen MR) is 211 cm³/mol. The van der Waals surface area contributed by atoms with Crippen LogP contribution in [0.25, 0.3) is 112 Å². The molecule has 0 fully saturated rings. The van der Waals surface area contributed by atoms with E-state index in [1.807, 2.05) is 11.3 Å². The first-order valence-corrected chi connectivity index (χ1v) is 18.1. The molecule has 12 rings (SSSR count). The minimum absolute atomic E-state index is 0.757. The average molecular weight is 658 g/mol. The summed E-state index contributed by atoms with van der Waals surface area (Å²) < 4.78 is 6.19. The van der Waals surface area contributed by atoms with Gasteiger partial charge < -0.3 is 0 Å². The van der Waals surface area contributed by atoms with E-state index in [-0.39, 0.29) is 0 Å². The van der Waals surface area contributed by atoms with Crippen molar-refractivity contribution in [2.24, 2.45) is 0 Å². The molecular weight excluding hydrogens is 635 g/mol. The van der Waals surface area contributed by atoms with E-state index in [9.17, 15) is 0 Å². The van der Waals surface area contributed by atoms with Crippen molar-refractivity contribution in [1.82, 2.24) is 14.4 Å². The second-order valence-corrected chi connectivity index (χ2v) is 15.0. The maximum atomic E-state index is 5.28. The minimum Gasteiger partial charge on any atom is -0.299 e. The third kappa shape index (κ3) is 3.40. The molecule has 0 bridgehead atoms. The standard InChI is InChI=1S/C44H23N3S2/c1-2-10-25(11-3-1)38-42-39(30-15-7-9-17-35(30)48-42)46-43(45-38)27-19-18-24-20-21-31-37-33-22-26-12-4-5-13-28(26)36-29-14-6-8-16-34(29)47(40(33)36)44(37)49-41(31)32(24)23-27/h1-23H. The van der Waals surface area contributed by atoms with E-state index in [2.05, 4.69) is 144 Å². The Bertz CT molecular complexity index is 3330. The Morgan fingerprint density at radius 1 is 0.469 bits per heavy atom. The van der Waals surface area contributed by atoms with Gasteiger partial charge in [0.05, 0.1) is 26.9 Å². The largest absolute Gasteiger partial charge is 0.299 e. The van der Waals surface area contributed by atoms with Gasteiger partial charge in [0, 0.05) is 58.2 Å². The first-order chi connectivity index (χ1) is 24.3. The lowest BCUT2D eigenvalue weighted by Gasteiger charge is -2.08. The summed E-state index contributed by atoms with van der Waals surface area (Å²) in [7, 11) is 0. The molecule has 0 N–H and O–H groups in total. The summed E-state index contributed by atoms with van der Waals surface area (Å²) in [6, 6.07) is 50.6. The lowest BCUT2D eigenvalue weighted by Crippen LogP contribution is -1.93. The molecule has 0 saturated carbocycles. The third-order valence-corrected chi connectivity index (χ3v) is 12.7. The molecule has 0 aliphatic heterocycles. The van der Waals surface area contributed by atoms with Crippen molar-refractivity contribution in [1.29, 1.82) is 0 Å². The van der Waals surface area contributed by atoms with Crippen LogP contribution in [0, 0.1) is 0 Å². The summed E-state index contributed by atoms with van der Waals surface area (Å²) in [5.41, 5.74) is 6.74. The molecule has 0 spiro atoms. The molecule has 3 nitrogen and oxygen atoms in total. The van der Waals surface area contributed by atoms with Crippen molar-refractivity contribution in [3.63, 3.8) is 0 Å². The molecule has 0 atom stereocenters. The Balaban J connectivity index is 1.17. The topological polar surface area (TPSA) is 30.2 Å². The summed E-state index contributed by atoms with van der Waals surface area (Å²) >= 11 is 3.68. The second kappa shape index (κ2) is 9.38. The smallest absolute Gasteiger partial charge is 0.160 e. The normalized spacial score (nSPS) is 12.5. The number of para-hydroxylation sites is 1. The maximum absolute atomic E-state index is 5.28. The maximum Gasteiger partial charge on any atom is 0.160 e. The number of hydrogen-bond donors (Lipinski definition) is 0. The Morgan fingerprint density at radius 2 is 1.24 bits per heavy atom. The summed E-state index contributed by atoms with van der Waals surface area (Å²) in [4.78, 5) is 11.9. The number of thiophene rings is 2. The highest BCUT2D eigenvalue weighted by Crippen LogP contribution is 2.49. The quantitative estimate of drug-likeness (QED) is 0.185. The number of rotatable bonds is 2. The molecule has 0 radical (unpaired) electrons. The minimum atomic E-state index is 0.757. The van der Waals surface area contributed by atoms with Crippen molar-refractivity contribution >= 4 is 112 Å². The van der Waals surface area contributed by atoms with Crippen LogP contribution in [-0.2, 0) is 0 Å². The highest BCUT2D eigenvalue weighted by Gasteiger charge is 2.24. The molecule has 7 aromatic carbocycles. The molecule has 49 heavy (non-hydrogen) atoms. The fraction of sp³-hybridized carbons (Fsp3) is 0. The van der Waals surface area contributed by atoms with Gasteiger partial charge in [0.25, 0.3) is 0 Å². The summed E-state index contributed by atoms with van der Waals surface area (Å²) in [5.74, 6) is 0.757. The van der Waals surface area contributed by atoms with E-state index in [1.165, 1.54) is 79.1 Å². The van der Waals surface area contributed by atoms with Gasteiger partial charge in [-0.15, -0.1) is 22.7 Å². The van der Waals surface area contributed by atoms with Gasteiger partial charge in [0.2, 0.25) is 0 Å². The predicted octanol–water partition coefficient (Wildman–Crippen LogP) is 12.8. The molecule has 0 saturated heterocycles. The van der Waals surface area contributed by atoms with Gasteiger partial charge >= 0.3 is 0 Å². The summed E-state index contributed by atoms with van der Waals surface area (Å²) in [6.45, 7) is 0. The first-order valence-electron chi connectivity index (χ1n) is 16.5. The van der Waals surface area contributed by atoms with Crippen LogP contribution < -0.4 is 0 Å². The van der Waals surface area contributed by atoms with Crippen LogP contribution in [-0.4, -0.2) is 14.4 Å². The van der Waals surface area contributed by atoms with Crippen LogP contribution in [0.4, 0.5) is 0 Å². The van der Waals surface area contributed by atoms with Crippen molar-refractivity contribution in [3.8, 4) is 22.6 Å². The molecule has 0 aliphatic rings. The molecule has 5 heterocycles. The van der Waals surface area contributed by atoms with Crippen LogP contribution >= 0.6 is 22.7 Å². The van der Waals surface area contributed by atoms with Crippen LogP contribution in [0.1, 0.15) is 0 Å². The van der Waals surface area contributed by atoms with Crippen LogP contribution in [0.2, 0.25) is 0 Å². The van der Waals surface area contributed by atoms with Gasteiger partial charge in [-0.05, 0) is 40.4 Å². The molecule has 5 aromatic heterocycles. The Labute approximate surface area is 287 Å². The summed E-state index contributed by atoms with van der Waals surface area (Å²) in [5, 5.41) is 12.9. The van der Waals surface area contributed by atoms with Crippen LogP contribution in [0.3, 0.4) is 0 Å². The number of benzene rings is 7. The van der Waals surface area contributed by atoms with E-state index in [0.717, 1.165) is 32.9 Å². The van der Waals surface area contributed by atoms with E-state index >= 15 is 0 Å². The van der Waals surface area contributed by atoms with E-state index < -0.39 is 0 Å². The van der Waals surface area contributed by atoms with Crippen molar-refractivity contribution in [3.05, 3.63) is 140 Å². The molecule has 0 aliphatic carbocycles. The van der Waals surface area contributed by atoms with Gasteiger partial charge in [-0.2, -0.15) is 0 Å². The lowest BCUT2D eigenvalue weighted by molar-refractivity contribution is 1.24. The number of hydrogen-bond acceptors (Lipinski definition) is 4. The fourth-order valence-corrected chi connectivity index (χ4v) is 10.7. The average Bonchev–Trinajstić information content (AvgIpc) is 3.90. The number of fused-ring (bicyclic) bond motifs is 15. The van der Waals surface area contributed by atoms with Gasteiger partial charge in [0.15, 0.2) is 5.82 Å². The SMILES string of the molecule is c1ccc(-c2nc(-c3ccc4ccc5c(sc6c5c5cc7ccccc7c7c8ccccc8n6c57)c4c3)nc3c2sc2ccccc23)cc1. The van der Waals surface area contributed by atoms with E-state index in [0.29, 0.717) is 0 Å². The zero-order valence-corrected chi connectivity index (χ0v) is 27.6. The molecule has 226 valence electrons.